The first-order valence-corrected chi connectivity index (χ1v) is 11.3. The van der Waals surface area contributed by atoms with Crippen LogP contribution in [0.2, 0.25) is 0 Å². The van der Waals surface area contributed by atoms with Gasteiger partial charge in [0.25, 0.3) is 10.0 Å². The van der Waals surface area contributed by atoms with Gasteiger partial charge in [0, 0.05) is 11.9 Å². The van der Waals surface area contributed by atoms with Gasteiger partial charge in [0.05, 0.1) is 22.8 Å². The molecule has 0 saturated carbocycles. The standard InChI is InChI=1S/C21H25F2N3O5S/c1-20(2,13-22)31-19(27)25-14-5-6-17-16(11-14)26(9-10-30-17)32(28,29)15-7-8-24-18(12-15)21(3,4)23/h5-8,11-12H,9-10,13H2,1-4H3,(H,25,27). The molecule has 174 valence electrons. The highest BCUT2D eigenvalue weighted by molar-refractivity contribution is 7.92. The maximum absolute atomic E-state index is 14.3. The number of nitrogens with one attached hydrogen (secondary N) is 1. The fourth-order valence-electron chi connectivity index (χ4n) is 2.97. The number of carbonyl (C=O) groups excluding carboxylic acids is 1. The zero-order valence-electron chi connectivity index (χ0n) is 18.2. The van der Waals surface area contributed by atoms with Gasteiger partial charge in [0.15, 0.2) is 0 Å². The minimum atomic E-state index is -4.08. The predicted molar refractivity (Wildman–Crippen MR) is 115 cm³/mol. The first-order valence-electron chi connectivity index (χ1n) is 9.84. The molecule has 1 amide bonds. The zero-order valence-corrected chi connectivity index (χ0v) is 19.0. The van der Waals surface area contributed by atoms with E-state index in [4.69, 9.17) is 9.47 Å². The van der Waals surface area contributed by atoms with Gasteiger partial charge in [-0.2, -0.15) is 0 Å². The summed E-state index contributed by atoms with van der Waals surface area (Å²) in [6.07, 6.45) is 0.355. The third kappa shape index (κ3) is 5.09. The molecule has 2 aromatic rings. The fraction of sp³-hybridized carbons (Fsp3) is 0.429. The van der Waals surface area contributed by atoms with Gasteiger partial charge < -0.3 is 9.47 Å². The molecule has 1 aliphatic rings. The number of hydrogen-bond donors (Lipinski definition) is 1. The van der Waals surface area contributed by atoms with Gasteiger partial charge in [-0.1, -0.05) is 0 Å². The van der Waals surface area contributed by atoms with Crippen LogP contribution in [0, 0.1) is 0 Å². The molecule has 32 heavy (non-hydrogen) atoms. The first-order chi connectivity index (χ1) is 14.8. The Hall–Kier alpha value is -2.95. The van der Waals surface area contributed by atoms with E-state index in [1.54, 1.807) is 0 Å². The van der Waals surface area contributed by atoms with Gasteiger partial charge >= 0.3 is 6.09 Å². The molecule has 1 aromatic carbocycles. The van der Waals surface area contributed by atoms with E-state index in [0.29, 0.717) is 5.75 Å². The number of ether oxygens (including phenoxy) is 2. The average molecular weight is 470 g/mol. The van der Waals surface area contributed by atoms with Gasteiger partial charge in [-0.25, -0.2) is 22.0 Å². The van der Waals surface area contributed by atoms with E-state index in [-0.39, 0.29) is 35.1 Å². The van der Waals surface area contributed by atoms with Crippen molar-refractivity contribution >= 4 is 27.5 Å². The number of halogens is 2. The summed E-state index contributed by atoms with van der Waals surface area (Å²) in [6.45, 7) is 4.67. The third-order valence-electron chi connectivity index (χ3n) is 4.65. The highest BCUT2D eigenvalue weighted by Gasteiger charge is 2.32. The molecule has 3 rings (SSSR count). The number of rotatable bonds is 6. The second kappa shape index (κ2) is 8.53. The number of sulfonamides is 1. The highest BCUT2D eigenvalue weighted by atomic mass is 32.2. The minimum absolute atomic E-state index is 0.00872. The van der Waals surface area contributed by atoms with E-state index >= 15 is 0 Å². The largest absolute Gasteiger partial charge is 0.489 e. The normalized spacial score (nSPS) is 14.4. The molecule has 0 fully saturated rings. The molecule has 1 aliphatic heterocycles. The smallest absolute Gasteiger partial charge is 0.412 e. The van der Waals surface area contributed by atoms with Crippen LogP contribution in [0.3, 0.4) is 0 Å². The number of fused-ring (bicyclic) bond motifs is 1. The van der Waals surface area contributed by atoms with Crippen molar-refractivity contribution in [2.75, 3.05) is 29.4 Å². The van der Waals surface area contributed by atoms with Crippen LogP contribution in [0.4, 0.5) is 25.0 Å². The molecular weight excluding hydrogens is 444 g/mol. The lowest BCUT2D eigenvalue weighted by Gasteiger charge is -2.31. The quantitative estimate of drug-likeness (QED) is 0.682. The lowest BCUT2D eigenvalue weighted by Crippen LogP contribution is -2.38. The van der Waals surface area contributed by atoms with Crippen molar-refractivity contribution in [1.82, 2.24) is 4.98 Å². The Balaban J connectivity index is 1.93. The summed E-state index contributed by atoms with van der Waals surface area (Å²) in [6, 6.07) is 6.92. The van der Waals surface area contributed by atoms with E-state index < -0.39 is 34.1 Å². The molecule has 0 saturated heterocycles. The number of carbonyl (C=O) groups is 1. The molecule has 0 radical (unpaired) electrons. The molecule has 0 unspecified atom stereocenters. The second-order valence-corrected chi connectivity index (χ2v) is 10.2. The van der Waals surface area contributed by atoms with Crippen molar-refractivity contribution in [1.29, 1.82) is 0 Å². The summed E-state index contributed by atoms with van der Waals surface area (Å²) in [5.74, 6) is 0.294. The van der Waals surface area contributed by atoms with Crippen LogP contribution in [0.1, 0.15) is 33.4 Å². The Labute approximate surface area is 185 Å². The predicted octanol–water partition coefficient (Wildman–Crippen LogP) is 4.17. The number of amides is 1. The molecule has 1 N–H and O–H groups in total. The van der Waals surface area contributed by atoms with Crippen LogP contribution >= 0.6 is 0 Å². The Morgan fingerprint density at radius 1 is 1.25 bits per heavy atom. The first kappa shape index (κ1) is 23.7. The number of aromatic nitrogens is 1. The van der Waals surface area contributed by atoms with Crippen molar-refractivity contribution in [3.8, 4) is 5.75 Å². The van der Waals surface area contributed by atoms with Crippen molar-refractivity contribution < 1.29 is 31.5 Å². The lowest BCUT2D eigenvalue weighted by molar-refractivity contribution is 0.0293. The van der Waals surface area contributed by atoms with Crippen LogP contribution in [-0.4, -0.2) is 44.9 Å². The topological polar surface area (TPSA) is 97.8 Å². The monoisotopic (exact) mass is 469 g/mol. The Bertz CT molecular complexity index is 1120. The Kier molecular flexibility index (Phi) is 6.32. The number of pyridine rings is 1. The van der Waals surface area contributed by atoms with E-state index in [9.17, 15) is 22.0 Å². The molecule has 1 aromatic heterocycles. The van der Waals surface area contributed by atoms with Crippen molar-refractivity contribution in [2.24, 2.45) is 0 Å². The summed E-state index contributed by atoms with van der Waals surface area (Å²) in [5.41, 5.74) is -2.72. The van der Waals surface area contributed by atoms with Crippen LogP contribution < -0.4 is 14.4 Å². The fourth-order valence-corrected chi connectivity index (χ4v) is 4.43. The number of alkyl halides is 2. The number of nitrogens with zero attached hydrogens (tertiary/aromatic N) is 2. The summed E-state index contributed by atoms with van der Waals surface area (Å²) in [7, 11) is -4.08. The van der Waals surface area contributed by atoms with Crippen molar-refractivity contribution in [3.63, 3.8) is 0 Å². The number of benzene rings is 1. The summed E-state index contributed by atoms with van der Waals surface area (Å²) >= 11 is 0. The lowest BCUT2D eigenvalue weighted by atomic mass is 10.1. The number of hydrogen-bond acceptors (Lipinski definition) is 6. The molecule has 11 heteroatoms. The van der Waals surface area contributed by atoms with E-state index in [2.05, 4.69) is 10.3 Å². The molecule has 0 bridgehead atoms. The molecule has 2 heterocycles. The van der Waals surface area contributed by atoms with Crippen LogP contribution in [0.15, 0.2) is 41.4 Å². The van der Waals surface area contributed by atoms with E-state index in [0.717, 1.165) is 4.31 Å². The maximum Gasteiger partial charge on any atom is 0.412 e. The minimum Gasteiger partial charge on any atom is -0.489 e. The van der Waals surface area contributed by atoms with Gasteiger partial charge in [-0.3, -0.25) is 14.6 Å². The summed E-state index contributed by atoms with van der Waals surface area (Å²) in [4.78, 5) is 15.9. The van der Waals surface area contributed by atoms with Gasteiger partial charge in [-0.05, 0) is 58.0 Å². The molecule has 0 spiro atoms. The molecule has 0 atom stereocenters. The highest BCUT2D eigenvalue weighted by Crippen LogP contribution is 2.38. The van der Waals surface area contributed by atoms with Crippen molar-refractivity contribution in [2.45, 2.75) is 43.9 Å². The average Bonchev–Trinajstić information content (AvgIpc) is 2.72. The number of anilines is 2. The van der Waals surface area contributed by atoms with Gasteiger partial charge in [0.2, 0.25) is 0 Å². The van der Waals surface area contributed by atoms with E-state index in [1.807, 2.05) is 0 Å². The van der Waals surface area contributed by atoms with Crippen molar-refractivity contribution in [3.05, 3.63) is 42.2 Å². The van der Waals surface area contributed by atoms with Crippen LogP contribution in [0.5, 0.6) is 5.75 Å². The molecular formula is C21H25F2N3O5S. The maximum atomic E-state index is 14.3. The summed E-state index contributed by atoms with van der Waals surface area (Å²) < 4.78 is 65.6. The van der Waals surface area contributed by atoms with E-state index in [1.165, 1.54) is 64.2 Å². The molecule has 8 nitrogen and oxygen atoms in total. The second-order valence-electron chi connectivity index (χ2n) is 8.37. The van der Waals surface area contributed by atoms with Gasteiger partial charge in [0.1, 0.15) is 30.3 Å². The Morgan fingerprint density at radius 3 is 2.62 bits per heavy atom. The van der Waals surface area contributed by atoms with Gasteiger partial charge in [-0.15, -0.1) is 0 Å². The van der Waals surface area contributed by atoms with Crippen LogP contribution in [0.25, 0.3) is 0 Å². The van der Waals surface area contributed by atoms with Crippen LogP contribution in [-0.2, 0) is 20.4 Å². The third-order valence-corrected chi connectivity index (χ3v) is 6.45. The summed E-state index contributed by atoms with van der Waals surface area (Å²) in [5, 5.41) is 2.46. The zero-order chi connectivity index (χ0) is 23.7. The SMILES string of the molecule is CC(C)(CF)OC(=O)Nc1ccc2c(c1)N(S(=O)(=O)c1ccnc(C(C)(C)F)c1)CCO2. The Morgan fingerprint density at radius 2 is 1.97 bits per heavy atom. The molecule has 0 aliphatic carbocycles.